The molecule has 0 aliphatic rings. The topological polar surface area (TPSA) is 52.6 Å². The van der Waals surface area contributed by atoms with Crippen LogP contribution in [0.25, 0.3) is 10.8 Å². The van der Waals surface area contributed by atoms with Crippen molar-refractivity contribution in [3.63, 3.8) is 0 Å². The Bertz CT molecular complexity index is 713. The molecule has 0 fully saturated rings. The molecule has 0 saturated carbocycles. The smallest absolute Gasteiger partial charge is 0.325 e. The SMILES string of the molecule is CCOC(=O)C(C(=O)OC(C)(C)C)c1ccc2ccccc2c1. The molecule has 0 spiro atoms. The van der Waals surface area contributed by atoms with Crippen molar-refractivity contribution in [2.75, 3.05) is 6.61 Å². The summed E-state index contributed by atoms with van der Waals surface area (Å²) in [5.74, 6) is -2.25. The van der Waals surface area contributed by atoms with Crippen LogP contribution in [0.5, 0.6) is 0 Å². The normalized spacial score (nSPS) is 12.7. The average molecular weight is 314 g/mol. The summed E-state index contributed by atoms with van der Waals surface area (Å²) in [4.78, 5) is 24.8. The molecular weight excluding hydrogens is 292 g/mol. The summed E-state index contributed by atoms with van der Waals surface area (Å²) in [5.41, 5.74) is -0.0880. The van der Waals surface area contributed by atoms with Gasteiger partial charge in [0.25, 0.3) is 0 Å². The first-order valence-corrected chi connectivity index (χ1v) is 7.70. The molecule has 0 aromatic heterocycles. The Hall–Kier alpha value is -2.36. The molecule has 0 heterocycles. The first kappa shape index (κ1) is 17.0. The van der Waals surface area contributed by atoms with E-state index < -0.39 is 23.5 Å². The van der Waals surface area contributed by atoms with Gasteiger partial charge >= 0.3 is 11.9 Å². The lowest BCUT2D eigenvalue weighted by Gasteiger charge is -2.23. The quantitative estimate of drug-likeness (QED) is 0.636. The molecule has 1 atom stereocenters. The second-order valence-electron chi connectivity index (χ2n) is 6.33. The highest BCUT2D eigenvalue weighted by atomic mass is 16.6. The number of ether oxygens (including phenoxy) is 2. The molecule has 0 aliphatic carbocycles. The molecule has 0 N–H and O–H groups in total. The van der Waals surface area contributed by atoms with Gasteiger partial charge in [0, 0.05) is 0 Å². The Morgan fingerprint density at radius 2 is 1.65 bits per heavy atom. The second-order valence-corrected chi connectivity index (χ2v) is 6.33. The third-order valence-corrected chi connectivity index (χ3v) is 3.27. The van der Waals surface area contributed by atoms with Crippen molar-refractivity contribution >= 4 is 22.7 Å². The number of rotatable bonds is 4. The molecule has 4 heteroatoms. The molecular formula is C19H22O4. The van der Waals surface area contributed by atoms with Gasteiger partial charge in [-0.1, -0.05) is 36.4 Å². The Morgan fingerprint density at radius 3 is 2.26 bits per heavy atom. The summed E-state index contributed by atoms with van der Waals surface area (Å²) in [6.45, 7) is 7.24. The molecule has 0 radical (unpaired) electrons. The Morgan fingerprint density at radius 1 is 1.00 bits per heavy atom. The number of esters is 2. The van der Waals surface area contributed by atoms with Crippen LogP contribution in [0.15, 0.2) is 42.5 Å². The average Bonchev–Trinajstić information content (AvgIpc) is 2.45. The van der Waals surface area contributed by atoms with Crippen molar-refractivity contribution in [1.82, 2.24) is 0 Å². The van der Waals surface area contributed by atoms with Crippen molar-refractivity contribution in [3.05, 3.63) is 48.0 Å². The number of carbonyl (C=O) groups is 2. The predicted octanol–water partition coefficient (Wildman–Crippen LogP) is 3.83. The zero-order valence-electron chi connectivity index (χ0n) is 14.0. The lowest BCUT2D eigenvalue weighted by molar-refractivity contribution is -0.164. The predicted molar refractivity (Wildman–Crippen MR) is 89.2 cm³/mol. The summed E-state index contributed by atoms with van der Waals surface area (Å²) in [7, 11) is 0. The third kappa shape index (κ3) is 4.31. The van der Waals surface area contributed by atoms with Gasteiger partial charge in [-0.2, -0.15) is 0 Å². The van der Waals surface area contributed by atoms with Gasteiger partial charge in [0.1, 0.15) is 5.60 Å². The fourth-order valence-electron chi connectivity index (χ4n) is 2.34. The fourth-order valence-corrected chi connectivity index (χ4v) is 2.34. The van der Waals surface area contributed by atoms with E-state index in [1.165, 1.54) is 0 Å². The van der Waals surface area contributed by atoms with E-state index in [4.69, 9.17) is 9.47 Å². The Labute approximate surface area is 136 Å². The lowest BCUT2D eigenvalue weighted by Crippen LogP contribution is -2.32. The van der Waals surface area contributed by atoms with E-state index in [-0.39, 0.29) is 6.61 Å². The van der Waals surface area contributed by atoms with Crippen LogP contribution in [0.2, 0.25) is 0 Å². The van der Waals surface area contributed by atoms with Crippen LogP contribution in [0, 0.1) is 0 Å². The van der Waals surface area contributed by atoms with Crippen LogP contribution in [0.1, 0.15) is 39.2 Å². The van der Waals surface area contributed by atoms with Gasteiger partial charge in [0.15, 0.2) is 5.92 Å². The molecule has 1 unspecified atom stereocenters. The summed E-state index contributed by atoms with van der Waals surface area (Å²) in [6, 6.07) is 13.3. The van der Waals surface area contributed by atoms with Crippen molar-refractivity contribution in [3.8, 4) is 0 Å². The van der Waals surface area contributed by atoms with Crippen molar-refractivity contribution < 1.29 is 19.1 Å². The molecule has 2 rings (SSSR count). The summed E-state index contributed by atoms with van der Waals surface area (Å²) >= 11 is 0. The van der Waals surface area contributed by atoms with Crippen LogP contribution in [0.3, 0.4) is 0 Å². The lowest BCUT2D eigenvalue weighted by atomic mass is 9.96. The molecule has 122 valence electrons. The molecule has 0 aliphatic heterocycles. The van der Waals surface area contributed by atoms with E-state index in [0.717, 1.165) is 10.8 Å². The van der Waals surface area contributed by atoms with Crippen LogP contribution in [-0.2, 0) is 19.1 Å². The largest absolute Gasteiger partial charge is 0.465 e. The van der Waals surface area contributed by atoms with E-state index in [2.05, 4.69) is 0 Å². The minimum absolute atomic E-state index is 0.214. The van der Waals surface area contributed by atoms with E-state index in [0.29, 0.717) is 5.56 Å². The van der Waals surface area contributed by atoms with Gasteiger partial charge < -0.3 is 9.47 Å². The molecule has 23 heavy (non-hydrogen) atoms. The first-order valence-electron chi connectivity index (χ1n) is 7.70. The molecule has 0 bridgehead atoms. The van der Waals surface area contributed by atoms with Crippen LogP contribution >= 0.6 is 0 Å². The number of hydrogen-bond acceptors (Lipinski definition) is 4. The van der Waals surface area contributed by atoms with Gasteiger partial charge in [0.2, 0.25) is 0 Å². The van der Waals surface area contributed by atoms with E-state index in [9.17, 15) is 9.59 Å². The number of carbonyl (C=O) groups excluding carboxylic acids is 2. The monoisotopic (exact) mass is 314 g/mol. The van der Waals surface area contributed by atoms with Crippen molar-refractivity contribution in [2.24, 2.45) is 0 Å². The Kier molecular flexibility index (Phi) is 5.04. The van der Waals surface area contributed by atoms with E-state index in [1.807, 2.05) is 36.4 Å². The van der Waals surface area contributed by atoms with Crippen molar-refractivity contribution in [2.45, 2.75) is 39.2 Å². The highest BCUT2D eigenvalue weighted by Crippen LogP contribution is 2.26. The minimum Gasteiger partial charge on any atom is -0.465 e. The molecule has 0 amide bonds. The Balaban J connectivity index is 2.42. The second kappa shape index (κ2) is 6.82. The molecule has 2 aromatic rings. The third-order valence-electron chi connectivity index (χ3n) is 3.27. The number of hydrogen-bond donors (Lipinski definition) is 0. The van der Waals surface area contributed by atoms with Crippen LogP contribution in [0.4, 0.5) is 0 Å². The zero-order chi connectivity index (χ0) is 17.0. The molecule has 2 aromatic carbocycles. The van der Waals surface area contributed by atoms with Gasteiger partial charge in [0.05, 0.1) is 6.61 Å². The first-order chi connectivity index (χ1) is 10.8. The van der Waals surface area contributed by atoms with Gasteiger partial charge in [-0.25, -0.2) is 0 Å². The van der Waals surface area contributed by atoms with Gasteiger partial charge in [-0.3, -0.25) is 9.59 Å². The summed E-state index contributed by atoms with van der Waals surface area (Å²) < 4.78 is 10.5. The zero-order valence-corrected chi connectivity index (χ0v) is 14.0. The fraction of sp³-hybridized carbons (Fsp3) is 0.368. The van der Waals surface area contributed by atoms with Crippen molar-refractivity contribution in [1.29, 1.82) is 0 Å². The maximum absolute atomic E-state index is 12.5. The highest BCUT2D eigenvalue weighted by Gasteiger charge is 2.34. The number of fused-ring (bicyclic) bond motifs is 1. The maximum atomic E-state index is 12.5. The number of benzene rings is 2. The summed E-state index contributed by atoms with van der Waals surface area (Å²) in [6.07, 6.45) is 0. The van der Waals surface area contributed by atoms with Gasteiger partial charge in [-0.05, 0) is 50.1 Å². The highest BCUT2D eigenvalue weighted by molar-refractivity contribution is 6.02. The summed E-state index contributed by atoms with van der Waals surface area (Å²) in [5, 5.41) is 2.01. The van der Waals surface area contributed by atoms with Crippen LogP contribution in [-0.4, -0.2) is 24.1 Å². The molecule has 4 nitrogen and oxygen atoms in total. The minimum atomic E-state index is -1.07. The van der Waals surface area contributed by atoms with Crippen LogP contribution < -0.4 is 0 Å². The molecule has 0 saturated heterocycles. The van der Waals surface area contributed by atoms with E-state index in [1.54, 1.807) is 33.8 Å². The standard InChI is InChI=1S/C19H22O4/c1-5-22-17(20)16(18(21)23-19(2,3)4)15-11-10-13-8-6-7-9-14(13)12-15/h6-12,16H,5H2,1-4H3. The van der Waals surface area contributed by atoms with E-state index >= 15 is 0 Å². The van der Waals surface area contributed by atoms with Gasteiger partial charge in [-0.15, -0.1) is 0 Å². The maximum Gasteiger partial charge on any atom is 0.325 e.